The minimum Gasteiger partial charge on any atom is -0.351 e. The maximum atomic E-state index is 12.1. The Morgan fingerprint density at radius 1 is 1.00 bits per heavy atom. The maximum absolute atomic E-state index is 12.1. The van der Waals surface area contributed by atoms with Gasteiger partial charge in [0.25, 0.3) is 5.91 Å². The van der Waals surface area contributed by atoms with E-state index in [0.29, 0.717) is 17.7 Å². The molecule has 0 spiro atoms. The van der Waals surface area contributed by atoms with Crippen molar-refractivity contribution in [3.05, 3.63) is 70.8 Å². The second kappa shape index (κ2) is 9.06. The number of amides is 1. The van der Waals surface area contributed by atoms with Gasteiger partial charge in [-0.15, -0.1) is 0 Å². The summed E-state index contributed by atoms with van der Waals surface area (Å²) in [5, 5.41) is 2.88. The van der Waals surface area contributed by atoms with Gasteiger partial charge in [0.2, 0.25) is 0 Å². The smallest absolute Gasteiger partial charge is 0.251 e. The van der Waals surface area contributed by atoms with Gasteiger partial charge in [0.05, 0.1) is 5.75 Å². The first-order chi connectivity index (χ1) is 11.8. The SMILES string of the molecule is Cc1ccc(CSCCNC(=O)c2ccc(CS(C)(=O)=O)cc2)cc1. The van der Waals surface area contributed by atoms with E-state index in [9.17, 15) is 13.2 Å². The number of sulfone groups is 1. The van der Waals surface area contributed by atoms with Gasteiger partial charge in [-0.05, 0) is 30.2 Å². The Bertz CT molecular complexity index is 798. The van der Waals surface area contributed by atoms with Gasteiger partial charge in [0.15, 0.2) is 9.84 Å². The van der Waals surface area contributed by atoms with Crippen molar-refractivity contribution < 1.29 is 13.2 Å². The van der Waals surface area contributed by atoms with Crippen LogP contribution >= 0.6 is 11.8 Å². The van der Waals surface area contributed by atoms with Crippen LogP contribution in [0, 0.1) is 6.92 Å². The van der Waals surface area contributed by atoms with Gasteiger partial charge in [-0.25, -0.2) is 8.42 Å². The predicted octanol–water partition coefficient (Wildman–Crippen LogP) is 3.20. The molecule has 0 aliphatic carbocycles. The zero-order valence-corrected chi connectivity index (χ0v) is 16.1. The second-order valence-corrected chi connectivity index (χ2v) is 9.31. The third kappa shape index (κ3) is 7.32. The molecule has 1 amide bonds. The normalized spacial score (nSPS) is 11.3. The lowest BCUT2D eigenvalue weighted by Gasteiger charge is -2.07. The van der Waals surface area contributed by atoms with Gasteiger partial charge in [-0.1, -0.05) is 42.0 Å². The number of rotatable bonds is 8. The number of thioether (sulfide) groups is 1. The van der Waals surface area contributed by atoms with E-state index in [1.807, 2.05) is 0 Å². The Balaban J connectivity index is 1.72. The Kier molecular flexibility index (Phi) is 7.08. The zero-order chi connectivity index (χ0) is 18.3. The lowest BCUT2D eigenvalue weighted by atomic mass is 10.1. The molecule has 25 heavy (non-hydrogen) atoms. The number of hydrogen-bond acceptors (Lipinski definition) is 4. The van der Waals surface area contributed by atoms with Crippen LogP contribution in [0.4, 0.5) is 0 Å². The standard InChI is InChI=1S/C19H23NO3S2/c1-15-3-5-16(6-4-15)13-24-12-11-20-19(21)18-9-7-17(8-10-18)14-25(2,22)23/h3-10H,11-14H2,1-2H3,(H,20,21). The van der Waals surface area contributed by atoms with E-state index < -0.39 is 9.84 Å². The molecule has 0 atom stereocenters. The Morgan fingerprint density at radius 2 is 1.60 bits per heavy atom. The van der Waals surface area contributed by atoms with Gasteiger partial charge >= 0.3 is 0 Å². The first kappa shape index (κ1) is 19.5. The van der Waals surface area contributed by atoms with Crippen molar-refractivity contribution in [1.82, 2.24) is 5.32 Å². The molecule has 0 fully saturated rings. The average molecular weight is 378 g/mol. The van der Waals surface area contributed by atoms with Gasteiger partial charge in [-0.3, -0.25) is 4.79 Å². The topological polar surface area (TPSA) is 63.2 Å². The summed E-state index contributed by atoms with van der Waals surface area (Å²) < 4.78 is 22.5. The Labute approximate surface area is 154 Å². The molecule has 0 unspecified atom stereocenters. The third-order valence-corrected chi connectivity index (χ3v) is 5.45. The molecule has 0 saturated heterocycles. The number of carbonyl (C=O) groups is 1. The van der Waals surface area contributed by atoms with E-state index in [1.165, 1.54) is 17.4 Å². The number of benzene rings is 2. The highest BCUT2D eigenvalue weighted by molar-refractivity contribution is 7.98. The van der Waals surface area contributed by atoms with Crippen LogP contribution in [0.15, 0.2) is 48.5 Å². The molecule has 4 nitrogen and oxygen atoms in total. The summed E-state index contributed by atoms with van der Waals surface area (Å²) in [7, 11) is -3.06. The van der Waals surface area contributed by atoms with E-state index in [2.05, 4.69) is 36.5 Å². The second-order valence-electron chi connectivity index (χ2n) is 6.06. The highest BCUT2D eigenvalue weighted by atomic mass is 32.2. The van der Waals surface area contributed by atoms with Crippen LogP contribution in [0.25, 0.3) is 0 Å². The molecule has 2 rings (SSSR count). The van der Waals surface area contributed by atoms with Crippen molar-refractivity contribution in [1.29, 1.82) is 0 Å². The van der Waals surface area contributed by atoms with Crippen molar-refractivity contribution >= 4 is 27.5 Å². The average Bonchev–Trinajstić information content (AvgIpc) is 2.55. The lowest BCUT2D eigenvalue weighted by Crippen LogP contribution is -2.25. The molecule has 0 aromatic heterocycles. The number of nitrogens with one attached hydrogen (secondary N) is 1. The van der Waals surface area contributed by atoms with Crippen LogP contribution in [0.2, 0.25) is 0 Å². The summed E-state index contributed by atoms with van der Waals surface area (Å²) in [6.45, 7) is 2.67. The zero-order valence-electron chi connectivity index (χ0n) is 14.5. The molecule has 2 aromatic carbocycles. The fourth-order valence-electron chi connectivity index (χ4n) is 2.27. The van der Waals surface area contributed by atoms with Crippen molar-refractivity contribution in [3.8, 4) is 0 Å². The van der Waals surface area contributed by atoms with Crippen LogP contribution in [-0.4, -0.2) is 32.9 Å². The van der Waals surface area contributed by atoms with E-state index in [4.69, 9.17) is 0 Å². The van der Waals surface area contributed by atoms with Crippen molar-refractivity contribution in [2.75, 3.05) is 18.6 Å². The fourth-order valence-corrected chi connectivity index (χ4v) is 3.89. The van der Waals surface area contributed by atoms with Gasteiger partial charge in [-0.2, -0.15) is 11.8 Å². The van der Waals surface area contributed by atoms with Crippen LogP contribution < -0.4 is 5.32 Å². The summed E-state index contributed by atoms with van der Waals surface area (Å²) in [5.74, 6) is 1.62. The molecular formula is C19H23NO3S2. The lowest BCUT2D eigenvalue weighted by molar-refractivity contribution is 0.0956. The number of hydrogen-bond donors (Lipinski definition) is 1. The molecule has 0 bridgehead atoms. The van der Waals surface area contributed by atoms with E-state index in [1.54, 1.807) is 36.0 Å². The summed E-state index contributed by atoms with van der Waals surface area (Å²) >= 11 is 1.78. The van der Waals surface area contributed by atoms with Gasteiger partial charge < -0.3 is 5.32 Å². The first-order valence-electron chi connectivity index (χ1n) is 8.02. The van der Waals surface area contributed by atoms with E-state index in [-0.39, 0.29) is 11.7 Å². The molecule has 6 heteroatoms. The van der Waals surface area contributed by atoms with E-state index >= 15 is 0 Å². The summed E-state index contributed by atoms with van der Waals surface area (Å²) in [6, 6.07) is 15.1. The molecule has 0 aliphatic rings. The van der Waals surface area contributed by atoms with Gasteiger partial charge in [0, 0.05) is 29.9 Å². The number of aryl methyl sites for hydroxylation is 1. The third-order valence-electron chi connectivity index (χ3n) is 3.57. The molecule has 0 heterocycles. The molecule has 134 valence electrons. The maximum Gasteiger partial charge on any atom is 0.251 e. The molecule has 0 aliphatic heterocycles. The Morgan fingerprint density at radius 3 is 2.20 bits per heavy atom. The summed E-state index contributed by atoms with van der Waals surface area (Å²) in [4.78, 5) is 12.1. The van der Waals surface area contributed by atoms with Crippen LogP contribution in [-0.2, 0) is 21.3 Å². The Hall–Kier alpha value is -1.79. The van der Waals surface area contributed by atoms with Crippen LogP contribution in [0.1, 0.15) is 27.0 Å². The van der Waals surface area contributed by atoms with Crippen molar-refractivity contribution in [2.45, 2.75) is 18.4 Å². The van der Waals surface area contributed by atoms with Crippen LogP contribution in [0.3, 0.4) is 0 Å². The highest BCUT2D eigenvalue weighted by Gasteiger charge is 2.07. The minimum absolute atomic E-state index is 0.00938. The molecule has 2 aromatic rings. The molecule has 0 saturated carbocycles. The summed E-state index contributed by atoms with van der Waals surface area (Å²) in [5.41, 5.74) is 3.76. The quantitative estimate of drug-likeness (QED) is 0.718. The monoisotopic (exact) mass is 377 g/mol. The van der Waals surface area contributed by atoms with Crippen molar-refractivity contribution in [3.63, 3.8) is 0 Å². The first-order valence-corrected chi connectivity index (χ1v) is 11.2. The van der Waals surface area contributed by atoms with Crippen LogP contribution in [0.5, 0.6) is 0 Å². The minimum atomic E-state index is -3.06. The molecule has 0 radical (unpaired) electrons. The summed E-state index contributed by atoms with van der Waals surface area (Å²) in [6.07, 6.45) is 1.20. The van der Waals surface area contributed by atoms with E-state index in [0.717, 1.165) is 11.5 Å². The predicted molar refractivity (Wildman–Crippen MR) is 105 cm³/mol. The fraction of sp³-hybridized carbons (Fsp3) is 0.316. The number of carbonyl (C=O) groups excluding carboxylic acids is 1. The highest BCUT2D eigenvalue weighted by Crippen LogP contribution is 2.12. The molecule has 1 N–H and O–H groups in total. The molecular weight excluding hydrogens is 354 g/mol. The van der Waals surface area contributed by atoms with Gasteiger partial charge in [0.1, 0.15) is 0 Å². The largest absolute Gasteiger partial charge is 0.351 e. The van der Waals surface area contributed by atoms with Crippen molar-refractivity contribution in [2.24, 2.45) is 0 Å².